The van der Waals surface area contributed by atoms with Crippen molar-refractivity contribution < 1.29 is 22.4 Å². The molecule has 0 aliphatic rings. The van der Waals surface area contributed by atoms with Gasteiger partial charge in [0.1, 0.15) is 18.4 Å². The number of para-hydroxylation sites is 1. The van der Waals surface area contributed by atoms with E-state index in [4.69, 9.17) is 11.6 Å². The fraction of sp³-hybridized carbons (Fsp3) is 0.235. The van der Waals surface area contributed by atoms with Gasteiger partial charge in [0.25, 0.3) is 10.0 Å². The summed E-state index contributed by atoms with van der Waals surface area (Å²) in [6.45, 7) is 3.35. The molecule has 4 rings (SSSR count). The molecule has 0 spiro atoms. The molecule has 10 heteroatoms. The molecule has 0 saturated carbocycles. The van der Waals surface area contributed by atoms with Crippen LogP contribution in [0.2, 0.25) is 5.02 Å². The lowest BCUT2D eigenvalue weighted by molar-refractivity contribution is -0.140. The molecule has 0 heterocycles. The van der Waals surface area contributed by atoms with Crippen LogP contribution in [0.5, 0.6) is 0 Å². The maximum atomic E-state index is 15.2. The predicted octanol–water partition coefficient (Wildman–Crippen LogP) is 6.15. The summed E-state index contributed by atoms with van der Waals surface area (Å²) in [4.78, 5) is 29.3. The van der Waals surface area contributed by atoms with Gasteiger partial charge in [-0.05, 0) is 60.9 Å². The first-order valence-electron chi connectivity index (χ1n) is 14.3. The maximum Gasteiger partial charge on any atom is 0.264 e. The van der Waals surface area contributed by atoms with Crippen LogP contribution in [0.3, 0.4) is 0 Å². The van der Waals surface area contributed by atoms with E-state index in [1.165, 1.54) is 35.2 Å². The van der Waals surface area contributed by atoms with Crippen LogP contribution in [-0.4, -0.2) is 44.3 Å². The van der Waals surface area contributed by atoms with E-state index in [0.29, 0.717) is 23.6 Å². The van der Waals surface area contributed by atoms with Gasteiger partial charge in [0.15, 0.2) is 0 Å². The summed E-state index contributed by atoms with van der Waals surface area (Å²) in [5.74, 6) is -1.87. The van der Waals surface area contributed by atoms with Crippen LogP contribution in [0.25, 0.3) is 0 Å². The monoisotopic (exact) mass is 635 g/mol. The minimum absolute atomic E-state index is 0.0356. The fourth-order valence-corrected chi connectivity index (χ4v) is 6.39. The van der Waals surface area contributed by atoms with Crippen molar-refractivity contribution in [2.24, 2.45) is 0 Å². The minimum atomic E-state index is -4.40. The van der Waals surface area contributed by atoms with Crippen molar-refractivity contribution in [3.63, 3.8) is 0 Å². The van der Waals surface area contributed by atoms with Gasteiger partial charge in [0.2, 0.25) is 11.8 Å². The summed E-state index contributed by atoms with van der Waals surface area (Å²) < 4.78 is 43.9. The molecule has 0 bridgehead atoms. The van der Waals surface area contributed by atoms with Gasteiger partial charge >= 0.3 is 0 Å². The highest BCUT2D eigenvalue weighted by Crippen LogP contribution is 2.27. The second-order valence-electron chi connectivity index (χ2n) is 10.4. The molecule has 1 atom stereocenters. The van der Waals surface area contributed by atoms with Crippen molar-refractivity contribution >= 4 is 39.1 Å². The normalized spacial score (nSPS) is 11.9. The minimum Gasteiger partial charge on any atom is -0.354 e. The van der Waals surface area contributed by atoms with Gasteiger partial charge in [0, 0.05) is 24.5 Å². The van der Waals surface area contributed by atoms with Crippen molar-refractivity contribution in [1.82, 2.24) is 10.2 Å². The number of anilines is 1. The van der Waals surface area contributed by atoms with E-state index >= 15 is 4.39 Å². The Morgan fingerprint density at radius 3 is 2.20 bits per heavy atom. The van der Waals surface area contributed by atoms with Gasteiger partial charge in [-0.3, -0.25) is 13.9 Å². The topological polar surface area (TPSA) is 86.8 Å². The number of aryl methyl sites for hydroxylation is 1. The number of benzene rings is 4. The molecular formula is C34H35ClFN3O4S. The first-order valence-corrected chi connectivity index (χ1v) is 16.1. The van der Waals surface area contributed by atoms with Crippen molar-refractivity contribution in [3.05, 3.63) is 131 Å². The number of halogens is 2. The van der Waals surface area contributed by atoms with Crippen LogP contribution < -0.4 is 9.62 Å². The number of sulfonamides is 1. The van der Waals surface area contributed by atoms with E-state index in [0.717, 1.165) is 21.5 Å². The van der Waals surface area contributed by atoms with Crippen LogP contribution in [0.15, 0.2) is 108 Å². The first-order chi connectivity index (χ1) is 21.1. The molecule has 1 N–H and O–H groups in total. The second-order valence-corrected chi connectivity index (χ2v) is 12.7. The van der Waals surface area contributed by atoms with Gasteiger partial charge in [-0.1, -0.05) is 90.8 Å². The van der Waals surface area contributed by atoms with Crippen LogP contribution in [0.4, 0.5) is 10.1 Å². The Labute approximate surface area is 263 Å². The van der Waals surface area contributed by atoms with Gasteiger partial charge in [-0.25, -0.2) is 12.8 Å². The number of amides is 2. The van der Waals surface area contributed by atoms with E-state index in [1.807, 2.05) is 44.2 Å². The zero-order valence-electron chi connectivity index (χ0n) is 24.6. The molecule has 0 radical (unpaired) electrons. The summed E-state index contributed by atoms with van der Waals surface area (Å²) in [5, 5.41) is 3.33. The Morgan fingerprint density at radius 1 is 0.886 bits per heavy atom. The Bertz CT molecular complexity index is 1680. The summed E-state index contributed by atoms with van der Waals surface area (Å²) in [5.41, 5.74) is 2.02. The highest BCUT2D eigenvalue weighted by atomic mass is 35.5. The number of hydrogen-bond acceptors (Lipinski definition) is 4. The van der Waals surface area contributed by atoms with E-state index in [-0.39, 0.29) is 29.5 Å². The summed E-state index contributed by atoms with van der Waals surface area (Å²) in [6.07, 6.45) is 0.856. The Morgan fingerprint density at radius 2 is 1.55 bits per heavy atom. The number of carbonyl (C=O) groups excluding carboxylic acids is 2. The summed E-state index contributed by atoms with van der Waals surface area (Å²) in [6, 6.07) is 26.6. The van der Waals surface area contributed by atoms with Crippen molar-refractivity contribution in [3.8, 4) is 0 Å². The molecule has 7 nitrogen and oxygen atoms in total. The van der Waals surface area contributed by atoms with Crippen LogP contribution in [0, 0.1) is 12.7 Å². The zero-order chi connectivity index (χ0) is 31.7. The molecule has 0 unspecified atom stereocenters. The lowest BCUT2D eigenvalue weighted by atomic mass is 10.0. The molecule has 0 saturated heterocycles. The molecule has 0 fully saturated rings. The number of nitrogens with zero attached hydrogens (tertiary/aromatic N) is 2. The Hall–Kier alpha value is -4.21. The van der Waals surface area contributed by atoms with Crippen LogP contribution in [0.1, 0.15) is 30.0 Å². The second kappa shape index (κ2) is 15.0. The van der Waals surface area contributed by atoms with E-state index in [2.05, 4.69) is 5.32 Å². The Kier molecular flexibility index (Phi) is 11.1. The van der Waals surface area contributed by atoms with E-state index < -0.39 is 34.3 Å². The first kappa shape index (κ1) is 32.7. The summed E-state index contributed by atoms with van der Waals surface area (Å²) >= 11 is 6.26. The number of hydrogen-bond donors (Lipinski definition) is 1. The van der Waals surface area contributed by atoms with Crippen molar-refractivity contribution in [1.29, 1.82) is 0 Å². The molecule has 0 aromatic heterocycles. The number of carbonyl (C=O) groups is 2. The van der Waals surface area contributed by atoms with Crippen molar-refractivity contribution in [2.75, 3.05) is 17.4 Å². The average molecular weight is 636 g/mol. The summed E-state index contributed by atoms with van der Waals surface area (Å²) in [7, 11) is -4.40. The number of nitrogens with one attached hydrogen (secondary N) is 1. The zero-order valence-corrected chi connectivity index (χ0v) is 26.2. The van der Waals surface area contributed by atoms with Gasteiger partial charge in [0.05, 0.1) is 10.6 Å². The maximum absolute atomic E-state index is 15.2. The third kappa shape index (κ3) is 8.24. The van der Waals surface area contributed by atoms with E-state index in [1.54, 1.807) is 36.4 Å². The molecular weight excluding hydrogens is 601 g/mol. The van der Waals surface area contributed by atoms with Crippen molar-refractivity contribution in [2.45, 2.75) is 44.2 Å². The largest absolute Gasteiger partial charge is 0.354 e. The number of rotatable bonds is 13. The quantitative estimate of drug-likeness (QED) is 0.191. The predicted molar refractivity (Wildman–Crippen MR) is 171 cm³/mol. The standard InChI is InChI=1S/C34H35ClFN3O4S/c1-3-20-37-34(41)32(22-26-10-5-4-6-11-26)38(23-27-12-9-13-28(35)21-27)33(40)24-39(31-15-8-7-14-30(31)36)44(42,43)29-18-16-25(2)17-19-29/h4-19,21,32H,3,20,22-24H2,1-2H3,(H,37,41)/t32-/m0/s1. The Balaban J connectivity index is 1.80. The van der Waals surface area contributed by atoms with Gasteiger partial charge < -0.3 is 10.2 Å². The molecule has 4 aromatic rings. The smallest absolute Gasteiger partial charge is 0.264 e. The molecule has 2 amide bonds. The molecule has 44 heavy (non-hydrogen) atoms. The fourth-order valence-electron chi connectivity index (χ4n) is 4.76. The van der Waals surface area contributed by atoms with Gasteiger partial charge in [-0.15, -0.1) is 0 Å². The molecule has 0 aliphatic carbocycles. The lowest BCUT2D eigenvalue weighted by Gasteiger charge is -2.34. The van der Waals surface area contributed by atoms with E-state index in [9.17, 15) is 18.0 Å². The van der Waals surface area contributed by atoms with Crippen LogP contribution in [-0.2, 0) is 32.6 Å². The lowest BCUT2D eigenvalue weighted by Crippen LogP contribution is -2.53. The highest BCUT2D eigenvalue weighted by Gasteiger charge is 2.35. The molecule has 0 aliphatic heterocycles. The van der Waals surface area contributed by atoms with Crippen LogP contribution >= 0.6 is 11.6 Å². The third-order valence-electron chi connectivity index (χ3n) is 7.07. The molecule has 4 aromatic carbocycles. The van der Waals surface area contributed by atoms with Gasteiger partial charge in [-0.2, -0.15) is 0 Å². The average Bonchev–Trinajstić information content (AvgIpc) is 3.01. The SMILES string of the molecule is CCCNC(=O)[C@H](Cc1ccccc1)N(Cc1cccc(Cl)c1)C(=O)CN(c1ccccc1F)S(=O)(=O)c1ccc(C)cc1. The molecule has 230 valence electrons. The highest BCUT2D eigenvalue weighted by molar-refractivity contribution is 7.92. The third-order valence-corrected chi connectivity index (χ3v) is 9.08.